The van der Waals surface area contributed by atoms with E-state index in [9.17, 15) is 4.79 Å². The number of rotatable bonds is 2. The summed E-state index contributed by atoms with van der Waals surface area (Å²) < 4.78 is 1.65. The molecule has 1 aliphatic heterocycles. The first-order valence-electron chi connectivity index (χ1n) is 7.59. The maximum Gasteiger partial charge on any atom is 0.278 e. The summed E-state index contributed by atoms with van der Waals surface area (Å²) in [7, 11) is 0. The number of H-pyrrole nitrogens is 1. The third-order valence-corrected chi connectivity index (χ3v) is 4.22. The summed E-state index contributed by atoms with van der Waals surface area (Å²) in [6, 6.07) is 1.82. The number of aromatic nitrogens is 5. The molecule has 3 N–H and O–H groups in total. The third kappa shape index (κ3) is 2.14. The Morgan fingerprint density at radius 3 is 2.74 bits per heavy atom. The van der Waals surface area contributed by atoms with Crippen molar-refractivity contribution in [2.75, 3.05) is 23.8 Å². The zero-order valence-corrected chi connectivity index (χ0v) is 12.8. The van der Waals surface area contributed by atoms with Crippen LogP contribution in [0, 0.1) is 6.92 Å². The van der Waals surface area contributed by atoms with Crippen LogP contribution >= 0.6 is 0 Å². The fourth-order valence-electron chi connectivity index (χ4n) is 3.10. The lowest BCUT2D eigenvalue weighted by atomic mass is 10.1. The van der Waals surface area contributed by atoms with Crippen molar-refractivity contribution in [3.05, 3.63) is 34.5 Å². The van der Waals surface area contributed by atoms with Gasteiger partial charge in [-0.2, -0.15) is 10.1 Å². The molecule has 0 unspecified atom stereocenters. The quantitative estimate of drug-likeness (QED) is 0.725. The molecular weight excluding hydrogens is 294 g/mol. The second-order valence-electron chi connectivity index (χ2n) is 5.73. The predicted octanol–water partition coefficient (Wildman–Crippen LogP) is 0.804. The number of pyridine rings is 1. The second-order valence-corrected chi connectivity index (χ2v) is 5.73. The number of nitrogens with zero attached hydrogens (tertiary/aromatic N) is 5. The van der Waals surface area contributed by atoms with E-state index in [0.29, 0.717) is 11.2 Å². The minimum atomic E-state index is -0.113. The van der Waals surface area contributed by atoms with Crippen LogP contribution in [0.2, 0.25) is 0 Å². The smallest absolute Gasteiger partial charge is 0.278 e. The van der Waals surface area contributed by atoms with Gasteiger partial charge in [0.15, 0.2) is 5.65 Å². The van der Waals surface area contributed by atoms with E-state index in [4.69, 9.17) is 5.73 Å². The lowest BCUT2D eigenvalue weighted by Crippen LogP contribution is -2.41. The van der Waals surface area contributed by atoms with Gasteiger partial charge < -0.3 is 10.7 Å². The number of anilines is 1. The van der Waals surface area contributed by atoms with Crippen LogP contribution in [-0.2, 0) is 0 Å². The maximum absolute atomic E-state index is 13.1. The zero-order chi connectivity index (χ0) is 16.0. The molecule has 23 heavy (non-hydrogen) atoms. The summed E-state index contributed by atoms with van der Waals surface area (Å²) >= 11 is 0. The van der Waals surface area contributed by atoms with Gasteiger partial charge in [0.2, 0.25) is 5.95 Å². The first-order valence-corrected chi connectivity index (χ1v) is 7.59. The molecule has 3 aromatic heterocycles. The molecular formula is C15H17N7O. The standard InChI is InChI=1S/C15H17N7O/c1-9-11-6-12(10-7-17-18-8-10)14(23)22(21-4-2-3-5-21)13(11)20-15(16)19-9/h6-8H,2-5H2,1H3,(H,17,18)(H2,16,19,20). The SMILES string of the molecule is Cc1nc(N)nc2c1cc(-c1cn[nH]c1)c(=O)n2N1CCCC1. The zero-order valence-electron chi connectivity index (χ0n) is 12.8. The van der Waals surface area contributed by atoms with Crippen molar-refractivity contribution in [1.29, 1.82) is 0 Å². The van der Waals surface area contributed by atoms with Crippen LogP contribution in [0.15, 0.2) is 23.3 Å². The molecule has 0 saturated carbocycles. The number of fused-ring (bicyclic) bond motifs is 1. The van der Waals surface area contributed by atoms with Crippen LogP contribution < -0.4 is 16.3 Å². The molecule has 3 aromatic rings. The van der Waals surface area contributed by atoms with Crippen LogP contribution in [0.1, 0.15) is 18.5 Å². The van der Waals surface area contributed by atoms with Crippen molar-refractivity contribution in [1.82, 2.24) is 24.8 Å². The van der Waals surface area contributed by atoms with Gasteiger partial charge in [0.05, 0.1) is 17.5 Å². The van der Waals surface area contributed by atoms with E-state index in [1.54, 1.807) is 17.1 Å². The van der Waals surface area contributed by atoms with E-state index in [-0.39, 0.29) is 11.5 Å². The highest BCUT2D eigenvalue weighted by molar-refractivity contribution is 5.84. The monoisotopic (exact) mass is 311 g/mol. The Kier molecular flexibility index (Phi) is 3.03. The predicted molar refractivity (Wildman–Crippen MR) is 87.7 cm³/mol. The van der Waals surface area contributed by atoms with Gasteiger partial charge in [-0.25, -0.2) is 9.66 Å². The van der Waals surface area contributed by atoms with E-state index < -0.39 is 0 Å². The highest BCUT2D eigenvalue weighted by Crippen LogP contribution is 2.22. The number of aromatic amines is 1. The van der Waals surface area contributed by atoms with Crippen LogP contribution in [0.5, 0.6) is 0 Å². The van der Waals surface area contributed by atoms with Crippen molar-refractivity contribution in [3.63, 3.8) is 0 Å². The molecule has 1 fully saturated rings. The van der Waals surface area contributed by atoms with Crippen molar-refractivity contribution in [2.45, 2.75) is 19.8 Å². The van der Waals surface area contributed by atoms with E-state index in [2.05, 4.69) is 20.2 Å². The Labute approximate surface area is 131 Å². The summed E-state index contributed by atoms with van der Waals surface area (Å²) in [5, 5.41) is 9.55. The van der Waals surface area contributed by atoms with Crippen molar-refractivity contribution in [3.8, 4) is 11.1 Å². The Hall–Kier alpha value is -2.90. The summed E-state index contributed by atoms with van der Waals surface area (Å²) in [5.41, 5.74) is 8.34. The normalized spacial score (nSPS) is 14.7. The van der Waals surface area contributed by atoms with Crippen LogP contribution in [0.25, 0.3) is 22.2 Å². The van der Waals surface area contributed by atoms with Gasteiger partial charge in [-0.05, 0) is 25.8 Å². The fourth-order valence-corrected chi connectivity index (χ4v) is 3.10. The van der Waals surface area contributed by atoms with Gasteiger partial charge in [0, 0.05) is 30.2 Å². The second kappa shape index (κ2) is 5.08. The molecule has 8 heteroatoms. The highest BCUT2D eigenvalue weighted by Gasteiger charge is 2.21. The lowest BCUT2D eigenvalue weighted by Gasteiger charge is -2.23. The van der Waals surface area contributed by atoms with E-state index in [0.717, 1.165) is 42.6 Å². The summed E-state index contributed by atoms with van der Waals surface area (Å²) in [4.78, 5) is 21.6. The van der Waals surface area contributed by atoms with Crippen LogP contribution in [0.4, 0.5) is 5.95 Å². The first kappa shape index (κ1) is 13.7. The number of nitrogens with two attached hydrogens (primary N) is 1. The molecule has 0 amide bonds. The molecule has 8 nitrogen and oxygen atoms in total. The minimum absolute atomic E-state index is 0.113. The van der Waals surface area contributed by atoms with E-state index >= 15 is 0 Å². The summed E-state index contributed by atoms with van der Waals surface area (Å²) in [6.45, 7) is 3.53. The maximum atomic E-state index is 13.1. The lowest BCUT2D eigenvalue weighted by molar-refractivity contribution is 0.657. The Bertz CT molecular complexity index is 923. The topological polar surface area (TPSA) is 106 Å². The molecule has 0 atom stereocenters. The van der Waals surface area contributed by atoms with Gasteiger partial charge in [-0.1, -0.05) is 0 Å². The largest absolute Gasteiger partial charge is 0.368 e. The molecule has 0 spiro atoms. The molecule has 0 aliphatic carbocycles. The molecule has 4 heterocycles. The van der Waals surface area contributed by atoms with Crippen LogP contribution in [-0.4, -0.2) is 37.9 Å². The van der Waals surface area contributed by atoms with Gasteiger partial charge in [-0.15, -0.1) is 0 Å². The van der Waals surface area contributed by atoms with Crippen LogP contribution in [0.3, 0.4) is 0 Å². The molecule has 118 valence electrons. The average Bonchev–Trinajstić information content (AvgIpc) is 3.20. The highest BCUT2D eigenvalue weighted by atomic mass is 16.1. The van der Waals surface area contributed by atoms with Gasteiger partial charge in [0.1, 0.15) is 0 Å². The summed E-state index contributed by atoms with van der Waals surface area (Å²) in [6.07, 6.45) is 5.47. The fraction of sp³-hybridized carbons (Fsp3) is 0.333. The number of nitrogen functional groups attached to an aromatic ring is 1. The molecule has 4 rings (SSSR count). The van der Waals surface area contributed by atoms with Gasteiger partial charge >= 0.3 is 0 Å². The van der Waals surface area contributed by atoms with Crippen molar-refractivity contribution >= 4 is 17.0 Å². The minimum Gasteiger partial charge on any atom is -0.368 e. The number of aryl methyl sites for hydroxylation is 1. The molecule has 0 bridgehead atoms. The number of nitrogens with one attached hydrogen (secondary N) is 1. The van der Waals surface area contributed by atoms with E-state index in [1.165, 1.54) is 0 Å². The molecule has 0 aromatic carbocycles. The average molecular weight is 311 g/mol. The van der Waals surface area contributed by atoms with E-state index in [1.807, 2.05) is 18.0 Å². The Morgan fingerprint density at radius 2 is 2.04 bits per heavy atom. The molecule has 0 radical (unpaired) electrons. The number of hydrogen-bond donors (Lipinski definition) is 2. The Balaban J connectivity index is 2.10. The van der Waals surface area contributed by atoms with Gasteiger partial charge in [-0.3, -0.25) is 9.89 Å². The third-order valence-electron chi connectivity index (χ3n) is 4.22. The van der Waals surface area contributed by atoms with Crippen molar-refractivity contribution in [2.24, 2.45) is 0 Å². The molecule has 1 aliphatic rings. The Morgan fingerprint density at radius 1 is 1.26 bits per heavy atom. The van der Waals surface area contributed by atoms with Gasteiger partial charge in [0.25, 0.3) is 5.56 Å². The number of hydrogen-bond acceptors (Lipinski definition) is 6. The van der Waals surface area contributed by atoms with Crippen molar-refractivity contribution < 1.29 is 0 Å². The first-order chi connectivity index (χ1) is 11.1. The summed E-state index contributed by atoms with van der Waals surface area (Å²) in [5.74, 6) is 0.179. The molecule has 1 saturated heterocycles.